The van der Waals surface area contributed by atoms with E-state index in [0.717, 1.165) is 0 Å². The van der Waals surface area contributed by atoms with Gasteiger partial charge in [0.2, 0.25) is 0 Å². The van der Waals surface area contributed by atoms with Crippen molar-refractivity contribution in [2.45, 2.75) is 36.8 Å². The van der Waals surface area contributed by atoms with Gasteiger partial charge in [-0.2, -0.15) is 13.2 Å². The van der Waals surface area contributed by atoms with Gasteiger partial charge in [-0.25, -0.2) is 0 Å². The lowest BCUT2D eigenvalue weighted by Gasteiger charge is -2.28. The number of rotatable bonds is 5. The second kappa shape index (κ2) is 6.70. The first-order valence-corrected chi connectivity index (χ1v) is 7.21. The molecule has 118 valence electrons. The maximum atomic E-state index is 12.5. The molecule has 0 heterocycles. The van der Waals surface area contributed by atoms with Crippen LogP contribution < -0.4 is 0 Å². The first-order chi connectivity index (χ1) is 9.53. The van der Waals surface area contributed by atoms with Crippen molar-refractivity contribution < 1.29 is 23.1 Å². The van der Waals surface area contributed by atoms with Crippen LogP contribution in [0.4, 0.5) is 13.2 Å². The monoisotopic (exact) mass is 321 g/mol. The molecule has 3 nitrogen and oxygen atoms in total. The van der Waals surface area contributed by atoms with Crippen LogP contribution in [-0.2, 0) is 0 Å². The Morgan fingerprint density at radius 1 is 1.29 bits per heavy atom. The minimum atomic E-state index is -4.45. The molecule has 0 aromatic heterocycles. The molecule has 0 aliphatic rings. The van der Waals surface area contributed by atoms with E-state index in [0.29, 0.717) is 6.54 Å². The average Bonchev–Trinajstić information content (AvgIpc) is 2.33. The highest BCUT2D eigenvalue weighted by Crippen LogP contribution is 2.38. The molecule has 1 rings (SSSR count). The fraction of sp³-hybridized carbons (Fsp3) is 0.500. The maximum absolute atomic E-state index is 12.5. The standard InChI is InChI=1S/C14H18F3NO2S/c1-4-18(9-13(2,3)20)12(19)10-7-5-6-8-11(10)21-14(15,16)17/h5-8,20H,4,9H2,1-3H3. The van der Waals surface area contributed by atoms with E-state index in [-0.39, 0.29) is 28.8 Å². The van der Waals surface area contributed by atoms with Crippen LogP contribution in [0.5, 0.6) is 0 Å². The minimum Gasteiger partial charge on any atom is -0.389 e. The average molecular weight is 321 g/mol. The van der Waals surface area contributed by atoms with Crippen molar-refractivity contribution in [3.63, 3.8) is 0 Å². The number of hydrogen-bond acceptors (Lipinski definition) is 3. The number of nitrogens with zero attached hydrogens (tertiary/aromatic N) is 1. The van der Waals surface area contributed by atoms with Crippen molar-refractivity contribution in [2.75, 3.05) is 13.1 Å². The number of benzene rings is 1. The summed E-state index contributed by atoms with van der Waals surface area (Å²) in [6.07, 6.45) is 0. The zero-order valence-electron chi connectivity index (χ0n) is 12.1. The van der Waals surface area contributed by atoms with E-state index < -0.39 is 17.0 Å². The number of thioether (sulfide) groups is 1. The molecule has 0 aliphatic heterocycles. The molecule has 0 unspecified atom stereocenters. The van der Waals surface area contributed by atoms with Crippen molar-refractivity contribution in [3.8, 4) is 0 Å². The number of aliphatic hydroxyl groups is 1. The molecular weight excluding hydrogens is 303 g/mol. The quantitative estimate of drug-likeness (QED) is 0.844. The lowest BCUT2D eigenvalue weighted by atomic mass is 10.1. The predicted molar refractivity (Wildman–Crippen MR) is 76.2 cm³/mol. The first-order valence-electron chi connectivity index (χ1n) is 6.40. The van der Waals surface area contributed by atoms with E-state index in [1.165, 1.54) is 29.2 Å². The van der Waals surface area contributed by atoms with Gasteiger partial charge in [0.15, 0.2) is 0 Å². The second-order valence-electron chi connectivity index (χ2n) is 5.18. The largest absolute Gasteiger partial charge is 0.446 e. The van der Waals surface area contributed by atoms with Crippen LogP contribution in [0, 0.1) is 0 Å². The lowest BCUT2D eigenvalue weighted by Crippen LogP contribution is -2.42. The Kier molecular flexibility index (Phi) is 5.69. The van der Waals surface area contributed by atoms with Crippen LogP contribution >= 0.6 is 11.8 Å². The Hall–Kier alpha value is -1.21. The summed E-state index contributed by atoms with van der Waals surface area (Å²) in [4.78, 5) is 13.6. The maximum Gasteiger partial charge on any atom is 0.446 e. The Balaban J connectivity index is 3.06. The summed E-state index contributed by atoms with van der Waals surface area (Å²) >= 11 is -0.308. The van der Waals surface area contributed by atoms with Crippen molar-refractivity contribution >= 4 is 17.7 Å². The summed E-state index contributed by atoms with van der Waals surface area (Å²) in [5.74, 6) is -0.521. The second-order valence-corrected chi connectivity index (χ2v) is 6.28. The Labute approximate surface area is 126 Å². The summed E-state index contributed by atoms with van der Waals surface area (Å²) in [6, 6.07) is 5.61. The van der Waals surface area contributed by atoms with Gasteiger partial charge in [-0.1, -0.05) is 12.1 Å². The number of halogens is 3. The van der Waals surface area contributed by atoms with Crippen molar-refractivity contribution in [1.29, 1.82) is 0 Å². The Morgan fingerprint density at radius 2 is 1.86 bits per heavy atom. The van der Waals surface area contributed by atoms with Gasteiger partial charge in [0.1, 0.15) is 0 Å². The zero-order valence-corrected chi connectivity index (χ0v) is 12.9. The van der Waals surface area contributed by atoms with E-state index in [9.17, 15) is 23.1 Å². The van der Waals surface area contributed by atoms with Gasteiger partial charge in [-0.15, -0.1) is 0 Å². The van der Waals surface area contributed by atoms with Crippen molar-refractivity contribution in [1.82, 2.24) is 4.90 Å². The fourth-order valence-corrected chi connectivity index (χ4v) is 2.48. The molecule has 0 spiro atoms. The first kappa shape index (κ1) is 17.8. The lowest BCUT2D eigenvalue weighted by molar-refractivity contribution is -0.0328. The third-order valence-electron chi connectivity index (χ3n) is 2.59. The van der Waals surface area contributed by atoms with Gasteiger partial charge in [-0.3, -0.25) is 4.79 Å². The van der Waals surface area contributed by atoms with Gasteiger partial charge in [0.25, 0.3) is 5.91 Å². The number of alkyl halides is 3. The van der Waals surface area contributed by atoms with Crippen LogP contribution in [-0.4, -0.2) is 40.1 Å². The third kappa shape index (κ3) is 5.97. The Bertz CT molecular complexity index is 498. The molecule has 1 aromatic rings. The van der Waals surface area contributed by atoms with Crippen LogP contribution in [0.1, 0.15) is 31.1 Å². The van der Waals surface area contributed by atoms with Gasteiger partial charge in [0, 0.05) is 18.0 Å². The highest BCUT2D eigenvalue weighted by Gasteiger charge is 2.32. The van der Waals surface area contributed by atoms with Crippen LogP contribution in [0.15, 0.2) is 29.2 Å². The highest BCUT2D eigenvalue weighted by molar-refractivity contribution is 8.00. The van der Waals surface area contributed by atoms with E-state index in [1.807, 2.05) is 0 Å². The van der Waals surface area contributed by atoms with Crippen molar-refractivity contribution in [3.05, 3.63) is 29.8 Å². The molecular formula is C14H18F3NO2S. The summed E-state index contributed by atoms with van der Waals surface area (Å²) < 4.78 is 37.6. The fourth-order valence-electron chi connectivity index (χ4n) is 1.82. The van der Waals surface area contributed by atoms with Crippen LogP contribution in [0.3, 0.4) is 0 Å². The molecule has 7 heteroatoms. The molecule has 0 fully saturated rings. The molecule has 21 heavy (non-hydrogen) atoms. The van der Waals surface area contributed by atoms with E-state index >= 15 is 0 Å². The molecule has 1 aromatic carbocycles. The van der Waals surface area contributed by atoms with E-state index in [4.69, 9.17) is 0 Å². The predicted octanol–water partition coefficient (Wildman–Crippen LogP) is 3.53. The number of likely N-dealkylation sites (N-methyl/N-ethyl adjacent to an activating group) is 1. The zero-order chi connectivity index (χ0) is 16.3. The number of carbonyl (C=O) groups is 1. The molecule has 0 saturated heterocycles. The smallest absolute Gasteiger partial charge is 0.389 e. The summed E-state index contributed by atoms with van der Waals surface area (Å²) in [6.45, 7) is 5.14. The molecule has 0 aliphatic carbocycles. The van der Waals surface area contributed by atoms with Gasteiger partial charge in [-0.05, 0) is 44.7 Å². The van der Waals surface area contributed by atoms with Crippen LogP contribution in [0.25, 0.3) is 0 Å². The number of carbonyl (C=O) groups excluding carboxylic acids is 1. The SMILES string of the molecule is CCN(CC(C)(C)O)C(=O)c1ccccc1SC(F)(F)F. The summed E-state index contributed by atoms with van der Waals surface area (Å²) in [7, 11) is 0. The molecule has 0 saturated carbocycles. The number of amides is 1. The molecule has 0 bridgehead atoms. The van der Waals surface area contributed by atoms with Gasteiger partial charge < -0.3 is 10.0 Å². The minimum absolute atomic E-state index is 0.00840. The molecule has 0 atom stereocenters. The topological polar surface area (TPSA) is 40.5 Å². The number of hydrogen-bond donors (Lipinski definition) is 1. The normalized spacial score (nSPS) is 12.3. The third-order valence-corrected chi connectivity index (χ3v) is 3.40. The Morgan fingerprint density at radius 3 is 2.33 bits per heavy atom. The highest BCUT2D eigenvalue weighted by atomic mass is 32.2. The van der Waals surface area contributed by atoms with Gasteiger partial charge in [0.05, 0.1) is 11.2 Å². The van der Waals surface area contributed by atoms with Gasteiger partial charge >= 0.3 is 5.51 Å². The molecule has 1 amide bonds. The van der Waals surface area contributed by atoms with E-state index in [2.05, 4.69) is 0 Å². The van der Waals surface area contributed by atoms with Crippen LogP contribution in [0.2, 0.25) is 0 Å². The summed E-state index contributed by atoms with van der Waals surface area (Å²) in [5, 5.41) is 9.79. The molecule has 1 N–H and O–H groups in total. The van der Waals surface area contributed by atoms with Crippen molar-refractivity contribution in [2.24, 2.45) is 0 Å². The van der Waals surface area contributed by atoms with E-state index in [1.54, 1.807) is 20.8 Å². The molecule has 0 radical (unpaired) electrons. The summed E-state index contributed by atoms with van der Waals surface area (Å²) in [5.41, 5.74) is -5.58.